The van der Waals surface area contributed by atoms with Crippen LogP contribution in [-0.4, -0.2) is 67.7 Å². The molecule has 46 heavy (non-hydrogen) atoms. The van der Waals surface area contributed by atoms with Gasteiger partial charge in [-0.2, -0.15) is 5.26 Å². The SMILES string of the molecule is CCOc1ccccc1C1(C2CN(c3nccs3)CCN2C(=O)O)C(=O)N(S(=O)(=O)c2ccc(F)cc2F)c2ccc(C#N)cc21. The number of para-hydroxylation sites is 1. The standard InChI is InChI=1S/C31H25F2N5O6S2/c1-2-44-25-6-4-3-5-21(25)31(27-18-36(29-35-11-14-45-29)12-13-37(27)30(40)41)22-15-19(17-34)7-9-24(22)38(28(31)39)46(42,43)26-10-8-20(32)16-23(26)33/h3-11,14-16,27H,2,12-13,18H2,1H3,(H,40,41). The third-order valence-electron chi connectivity index (χ3n) is 8.13. The number of anilines is 2. The van der Waals surface area contributed by atoms with Gasteiger partial charge in [-0.05, 0) is 43.3 Å². The molecule has 236 valence electrons. The minimum atomic E-state index is -5.08. The summed E-state index contributed by atoms with van der Waals surface area (Å²) in [5, 5.41) is 22.7. The molecule has 6 rings (SSSR count). The van der Waals surface area contributed by atoms with Gasteiger partial charge in [0.1, 0.15) is 27.7 Å². The maximum Gasteiger partial charge on any atom is 0.407 e. The molecule has 2 unspecified atom stereocenters. The fourth-order valence-corrected chi connectivity index (χ4v) is 8.47. The smallest absolute Gasteiger partial charge is 0.407 e. The van der Waals surface area contributed by atoms with E-state index in [1.54, 1.807) is 47.7 Å². The predicted octanol–water partition coefficient (Wildman–Crippen LogP) is 4.58. The lowest BCUT2D eigenvalue weighted by Gasteiger charge is -2.48. The Hall–Kier alpha value is -5.07. The Bertz CT molecular complexity index is 2000. The zero-order valence-corrected chi connectivity index (χ0v) is 25.8. The van der Waals surface area contributed by atoms with Crippen LogP contribution in [0, 0.1) is 23.0 Å². The molecule has 0 spiro atoms. The number of nitrogens with zero attached hydrogens (tertiary/aromatic N) is 5. The van der Waals surface area contributed by atoms with E-state index in [1.807, 2.05) is 6.07 Å². The first-order chi connectivity index (χ1) is 22.0. The van der Waals surface area contributed by atoms with E-state index in [2.05, 4.69) is 4.98 Å². The Balaban J connectivity index is 1.70. The van der Waals surface area contributed by atoms with E-state index in [1.165, 1.54) is 29.5 Å². The molecule has 1 N–H and O–H groups in total. The van der Waals surface area contributed by atoms with E-state index >= 15 is 9.18 Å². The maximum absolute atomic E-state index is 15.3. The van der Waals surface area contributed by atoms with Gasteiger partial charge in [-0.25, -0.2) is 31.3 Å². The minimum Gasteiger partial charge on any atom is -0.494 e. The van der Waals surface area contributed by atoms with Crippen LogP contribution in [0.4, 0.5) is 24.4 Å². The van der Waals surface area contributed by atoms with Gasteiger partial charge in [-0.1, -0.05) is 18.2 Å². The van der Waals surface area contributed by atoms with Gasteiger partial charge in [0, 0.05) is 48.4 Å². The Morgan fingerprint density at radius 3 is 2.61 bits per heavy atom. The molecule has 2 aliphatic rings. The summed E-state index contributed by atoms with van der Waals surface area (Å²) in [7, 11) is -5.08. The van der Waals surface area contributed by atoms with Crippen LogP contribution < -0.4 is 13.9 Å². The summed E-state index contributed by atoms with van der Waals surface area (Å²) in [5.74, 6) is -3.39. The van der Waals surface area contributed by atoms with E-state index in [-0.39, 0.29) is 54.4 Å². The second kappa shape index (κ2) is 11.7. The normalized spacial score (nSPS) is 19.6. The fraction of sp³-hybridized carbons (Fsp3) is 0.226. The maximum atomic E-state index is 15.3. The number of nitriles is 1. The van der Waals surface area contributed by atoms with Gasteiger partial charge < -0.3 is 19.6 Å². The Morgan fingerprint density at radius 2 is 1.93 bits per heavy atom. The summed E-state index contributed by atoms with van der Waals surface area (Å²) in [6, 6.07) is 12.8. The summed E-state index contributed by atoms with van der Waals surface area (Å²) in [5.41, 5.74) is -2.13. The first kappa shape index (κ1) is 30.9. The second-order valence-electron chi connectivity index (χ2n) is 10.5. The average molecular weight is 666 g/mol. The quantitative estimate of drug-likeness (QED) is 0.300. The van der Waals surface area contributed by atoms with Crippen LogP contribution in [0.25, 0.3) is 0 Å². The number of hydrogen-bond donors (Lipinski definition) is 1. The van der Waals surface area contributed by atoms with Gasteiger partial charge in [0.15, 0.2) is 5.13 Å². The lowest BCUT2D eigenvalue weighted by Crippen LogP contribution is -2.66. The number of thiazole rings is 1. The van der Waals surface area contributed by atoms with Gasteiger partial charge in [0.05, 0.1) is 30.0 Å². The van der Waals surface area contributed by atoms with Crippen LogP contribution >= 0.6 is 11.3 Å². The largest absolute Gasteiger partial charge is 0.494 e. The van der Waals surface area contributed by atoms with Crippen LogP contribution in [0.2, 0.25) is 0 Å². The Labute approximate surface area is 266 Å². The summed E-state index contributed by atoms with van der Waals surface area (Å²) in [6.07, 6.45) is 0.216. The van der Waals surface area contributed by atoms with Crippen LogP contribution in [0.1, 0.15) is 23.6 Å². The number of fused-ring (bicyclic) bond motifs is 1. The number of amides is 2. The number of carboxylic acid groups (broad SMARTS) is 1. The highest BCUT2D eigenvalue weighted by atomic mass is 32.2. The van der Waals surface area contributed by atoms with Gasteiger partial charge >= 0.3 is 6.09 Å². The number of sulfonamides is 1. The zero-order valence-electron chi connectivity index (χ0n) is 24.1. The van der Waals surface area contributed by atoms with Crippen molar-refractivity contribution in [1.82, 2.24) is 9.88 Å². The van der Waals surface area contributed by atoms with Gasteiger partial charge in [0.25, 0.3) is 15.9 Å². The molecule has 0 aliphatic carbocycles. The summed E-state index contributed by atoms with van der Waals surface area (Å²) in [4.78, 5) is 34.4. The van der Waals surface area contributed by atoms with Crippen molar-refractivity contribution in [3.05, 3.63) is 101 Å². The highest BCUT2D eigenvalue weighted by Gasteiger charge is 2.64. The van der Waals surface area contributed by atoms with Crippen molar-refractivity contribution in [2.75, 3.05) is 35.4 Å². The van der Waals surface area contributed by atoms with Crippen LogP contribution in [0.5, 0.6) is 5.75 Å². The van der Waals surface area contributed by atoms with Crippen molar-refractivity contribution in [3.63, 3.8) is 0 Å². The first-order valence-electron chi connectivity index (χ1n) is 14.0. The van der Waals surface area contributed by atoms with E-state index in [0.717, 1.165) is 17.0 Å². The molecule has 0 saturated carbocycles. The number of carbonyl (C=O) groups excluding carboxylic acids is 1. The van der Waals surface area contributed by atoms with Crippen molar-refractivity contribution in [2.24, 2.45) is 0 Å². The molecule has 2 atom stereocenters. The first-order valence-corrected chi connectivity index (χ1v) is 16.3. The number of halogens is 2. The van der Waals surface area contributed by atoms with Crippen LogP contribution in [0.15, 0.2) is 77.1 Å². The minimum absolute atomic E-state index is 0.00652. The molecule has 1 saturated heterocycles. The molecule has 0 radical (unpaired) electrons. The predicted molar refractivity (Wildman–Crippen MR) is 163 cm³/mol. The van der Waals surface area contributed by atoms with Crippen molar-refractivity contribution in [2.45, 2.75) is 23.3 Å². The third-order valence-corrected chi connectivity index (χ3v) is 10.7. The lowest BCUT2D eigenvalue weighted by molar-refractivity contribution is -0.122. The van der Waals surface area contributed by atoms with Crippen molar-refractivity contribution < 1.29 is 36.6 Å². The molecular formula is C31H25F2N5O6S2. The van der Waals surface area contributed by atoms with E-state index in [4.69, 9.17) is 4.74 Å². The molecule has 11 nitrogen and oxygen atoms in total. The third kappa shape index (κ3) is 4.72. The number of hydrogen-bond acceptors (Lipinski definition) is 9. The molecule has 2 aliphatic heterocycles. The highest BCUT2D eigenvalue weighted by Crippen LogP contribution is 2.54. The molecule has 3 aromatic carbocycles. The van der Waals surface area contributed by atoms with E-state index in [0.29, 0.717) is 15.5 Å². The Morgan fingerprint density at radius 1 is 1.15 bits per heavy atom. The number of aromatic nitrogens is 1. The molecule has 4 aromatic rings. The lowest BCUT2D eigenvalue weighted by atomic mass is 9.68. The van der Waals surface area contributed by atoms with Gasteiger partial charge in [0.2, 0.25) is 0 Å². The molecular weight excluding hydrogens is 641 g/mol. The molecule has 0 bridgehead atoms. The van der Waals surface area contributed by atoms with Crippen molar-refractivity contribution >= 4 is 44.2 Å². The number of carbonyl (C=O) groups is 2. The van der Waals surface area contributed by atoms with Crippen LogP contribution in [-0.2, 0) is 20.2 Å². The van der Waals surface area contributed by atoms with Gasteiger partial charge in [-0.15, -0.1) is 11.3 Å². The van der Waals surface area contributed by atoms with Crippen molar-refractivity contribution in [1.29, 1.82) is 5.26 Å². The number of rotatable bonds is 7. The monoisotopic (exact) mass is 665 g/mol. The summed E-state index contributed by atoms with van der Waals surface area (Å²) >= 11 is 1.30. The number of benzene rings is 3. The highest BCUT2D eigenvalue weighted by molar-refractivity contribution is 7.93. The van der Waals surface area contributed by atoms with E-state index in [9.17, 15) is 28.0 Å². The Kier molecular flexibility index (Phi) is 7.87. The average Bonchev–Trinajstić information content (AvgIpc) is 3.66. The molecule has 15 heteroatoms. The van der Waals surface area contributed by atoms with Crippen molar-refractivity contribution in [3.8, 4) is 11.8 Å². The fourth-order valence-electron chi connectivity index (χ4n) is 6.27. The van der Waals surface area contributed by atoms with E-state index < -0.39 is 50.0 Å². The molecule has 3 heterocycles. The summed E-state index contributed by atoms with van der Waals surface area (Å²) < 4.78 is 63.9. The number of piperazine rings is 1. The number of ether oxygens (including phenoxy) is 1. The second-order valence-corrected chi connectivity index (χ2v) is 13.1. The molecule has 2 amide bonds. The summed E-state index contributed by atoms with van der Waals surface area (Å²) in [6.45, 7) is 1.89. The zero-order chi connectivity index (χ0) is 32.8. The topological polar surface area (TPSA) is 144 Å². The van der Waals surface area contributed by atoms with Crippen LogP contribution in [0.3, 0.4) is 0 Å². The molecule has 1 fully saturated rings. The molecule has 1 aromatic heterocycles. The van der Waals surface area contributed by atoms with Gasteiger partial charge in [-0.3, -0.25) is 4.79 Å².